The average Bonchev–Trinajstić information content (AvgIpc) is 2.34. The minimum Gasteiger partial charge on any atom is -0.496 e. The number of benzene rings is 1. The summed E-state index contributed by atoms with van der Waals surface area (Å²) in [6, 6.07) is 5.16. The maximum Gasteiger partial charge on any atom is 0.128 e. The monoisotopic (exact) mass is 223 g/mol. The van der Waals surface area contributed by atoms with Crippen LogP contribution in [0.15, 0.2) is 23.3 Å². The fourth-order valence-corrected chi connectivity index (χ4v) is 1.41. The van der Waals surface area contributed by atoms with Crippen molar-refractivity contribution in [1.82, 2.24) is 0 Å². The lowest BCUT2D eigenvalue weighted by molar-refractivity contribution is 0.177. The third-order valence-electron chi connectivity index (χ3n) is 2.12. The molecule has 1 aromatic carbocycles. The molecule has 6 heteroatoms. The first-order valence-electron chi connectivity index (χ1n) is 4.64. The molecule has 0 saturated carbocycles. The molecule has 0 unspecified atom stereocenters. The molecule has 0 aliphatic rings. The van der Waals surface area contributed by atoms with E-state index in [9.17, 15) is 5.11 Å². The summed E-state index contributed by atoms with van der Waals surface area (Å²) in [5.41, 5.74) is 8.69. The second-order valence-corrected chi connectivity index (χ2v) is 3.01. The minimum absolute atomic E-state index is 0.0623. The zero-order valence-electron chi connectivity index (χ0n) is 9.12. The Balaban J connectivity index is 3.11. The lowest BCUT2D eigenvalue weighted by Gasteiger charge is -2.16. The molecule has 0 heterocycles. The third kappa shape index (κ3) is 2.56. The fourth-order valence-electron chi connectivity index (χ4n) is 1.41. The standard InChI is InChI=1S/C10H13N3O3/c1-15-8-4-3-5-9(16-2)10(8)7(14)6-12-13-11/h3-5,7,14H,6H2,1-2H3/t7-/m1/s1. The van der Waals surface area contributed by atoms with Gasteiger partial charge in [-0.25, -0.2) is 0 Å². The molecule has 16 heavy (non-hydrogen) atoms. The van der Waals surface area contributed by atoms with Crippen LogP contribution >= 0.6 is 0 Å². The van der Waals surface area contributed by atoms with E-state index >= 15 is 0 Å². The number of rotatable bonds is 5. The van der Waals surface area contributed by atoms with Crippen molar-refractivity contribution in [2.75, 3.05) is 20.8 Å². The summed E-state index contributed by atoms with van der Waals surface area (Å²) >= 11 is 0. The lowest BCUT2D eigenvalue weighted by atomic mass is 10.1. The number of nitrogens with zero attached hydrogens (tertiary/aromatic N) is 3. The number of ether oxygens (including phenoxy) is 2. The van der Waals surface area contributed by atoms with Crippen molar-refractivity contribution in [2.24, 2.45) is 5.11 Å². The highest BCUT2D eigenvalue weighted by molar-refractivity contribution is 5.46. The second-order valence-electron chi connectivity index (χ2n) is 3.01. The van der Waals surface area contributed by atoms with Crippen molar-refractivity contribution in [3.8, 4) is 11.5 Å². The Bertz CT molecular complexity index is 380. The highest BCUT2D eigenvalue weighted by atomic mass is 16.5. The van der Waals surface area contributed by atoms with Gasteiger partial charge in [-0.15, -0.1) is 0 Å². The van der Waals surface area contributed by atoms with E-state index < -0.39 is 6.10 Å². The smallest absolute Gasteiger partial charge is 0.128 e. The maximum absolute atomic E-state index is 9.85. The van der Waals surface area contributed by atoms with Crippen molar-refractivity contribution >= 4 is 0 Å². The Kier molecular flexibility index (Phi) is 4.44. The van der Waals surface area contributed by atoms with E-state index in [2.05, 4.69) is 10.0 Å². The first kappa shape index (κ1) is 12.2. The summed E-state index contributed by atoms with van der Waals surface area (Å²) in [6.45, 7) is -0.0623. The number of aliphatic hydroxyl groups is 1. The van der Waals surface area contributed by atoms with Gasteiger partial charge in [-0.2, -0.15) is 0 Å². The molecule has 0 saturated heterocycles. The van der Waals surface area contributed by atoms with Crippen LogP contribution in [0, 0.1) is 0 Å². The molecular formula is C10H13N3O3. The molecule has 1 rings (SSSR count). The summed E-state index contributed by atoms with van der Waals surface area (Å²) in [4.78, 5) is 2.60. The average molecular weight is 223 g/mol. The number of aliphatic hydroxyl groups excluding tert-OH is 1. The van der Waals surface area contributed by atoms with Gasteiger partial charge >= 0.3 is 0 Å². The minimum atomic E-state index is -0.943. The molecule has 86 valence electrons. The van der Waals surface area contributed by atoms with Crippen molar-refractivity contribution in [1.29, 1.82) is 0 Å². The molecule has 0 aliphatic heterocycles. The summed E-state index contributed by atoms with van der Waals surface area (Å²) < 4.78 is 10.2. The zero-order valence-corrected chi connectivity index (χ0v) is 9.12. The third-order valence-corrected chi connectivity index (χ3v) is 2.12. The van der Waals surface area contributed by atoms with Gasteiger partial charge in [0, 0.05) is 4.91 Å². The number of azide groups is 1. The molecule has 0 fully saturated rings. The van der Waals surface area contributed by atoms with Crippen LogP contribution < -0.4 is 9.47 Å². The lowest BCUT2D eigenvalue weighted by Crippen LogP contribution is -2.06. The van der Waals surface area contributed by atoms with Crippen LogP contribution in [0.5, 0.6) is 11.5 Å². The van der Waals surface area contributed by atoms with Crippen LogP contribution in [0.1, 0.15) is 11.7 Å². The Morgan fingerprint density at radius 1 is 1.38 bits per heavy atom. The Labute approximate surface area is 93.0 Å². The fraction of sp³-hybridized carbons (Fsp3) is 0.400. The van der Waals surface area contributed by atoms with E-state index in [0.29, 0.717) is 17.1 Å². The van der Waals surface area contributed by atoms with E-state index in [0.717, 1.165) is 0 Å². The van der Waals surface area contributed by atoms with Crippen molar-refractivity contribution in [2.45, 2.75) is 6.10 Å². The van der Waals surface area contributed by atoms with Crippen molar-refractivity contribution in [3.63, 3.8) is 0 Å². The SMILES string of the molecule is COc1cccc(OC)c1[C@H](O)CN=[N+]=[N-]. The van der Waals surface area contributed by atoms with Crippen LogP contribution in [-0.2, 0) is 0 Å². The molecule has 6 nitrogen and oxygen atoms in total. The van der Waals surface area contributed by atoms with E-state index in [1.807, 2.05) is 0 Å². The van der Waals surface area contributed by atoms with Gasteiger partial charge in [-0.3, -0.25) is 0 Å². The molecule has 1 atom stereocenters. The summed E-state index contributed by atoms with van der Waals surface area (Å²) in [5.74, 6) is 1.000. The van der Waals surface area contributed by atoms with E-state index in [-0.39, 0.29) is 6.54 Å². The van der Waals surface area contributed by atoms with Gasteiger partial charge in [0.15, 0.2) is 0 Å². The van der Waals surface area contributed by atoms with Crippen molar-refractivity contribution in [3.05, 3.63) is 34.2 Å². The largest absolute Gasteiger partial charge is 0.496 e. The van der Waals surface area contributed by atoms with E-state index in [4.69, 9.17) is 15.0 Å². The molecule has 0 amide bonds. The van der Waals surface area contributed by atoms with Crippen LogP contribution in [0.2, 0.25) is 0 Å². The second kappa shape index (κ2) is 5.85. The van der Waals surface area contributed by atoms with Crippen LogP contribution in [0.25, 0.3) is 10.4 Å². The molecule has 1 N–H and O–H groups in total. The summed E-state index contributed by atoms with van der Waals surface area (Å²) in [7, 11) is 3.00. The molecule has 1 aromatic rings. The molecule has 0 bridgehead atoms. The zero-order chi connectivity index (χ0) is 12.0. The number of hydrogen-bond acceptors (Lipinski definition) is 4. The quantitative estimate of drug-likeness (QED) is 0.470. The van der Waals surface area contributed by atoms with Gasteiger partial charge in [0.25, 0.3) is 0 Å². The predicted octanol–water partition coefficient (Wildman–Crippen LogP) is 2.05. The van der Waals surface area contributed by atoms with Crippen LogP contribution in [0.4, 0.5) is 0 Å². The van der Waals surface area contributed by atoms with Gasteiger partial charge < -0.3 is 14.6 Å². The summed E-state index contributed by atoms with van der Waals surface area (Å²) in [5, 5.41) is 13.2. The van der Waals surface area contributed by atoms with Crippen LogP contribution in [-0.4, -0.2) is 25.9 Å². The number of hydrogen-bond donors (Lipinski definition) is 1. The molecule has 0 radical (unpaired) electrons. The maximum atomic E-state index is 9.85. The topological polar surface area (TPSA) is 87.5 Å². The number of methoxy groups -OCH3 is 2. The van der Waals surface area contributed by atoms with Crippen molar-refractivity contribution < 1.29 is 14.6 Å². The molecule has 0 aliphatic carbocycles. The van der Waals surface area contributed by atoms with Crippen LogP contribution in [0.3, 0.4) is 0 Å². The first-order valence-corrected chi connectivity index (χ1v) is 4.64. The van der Waals surface area contributed by atoms with Gasteiger partial charge in [0.05, 0.1) is 32.4 Å². The van der Waals surface area contributed by atoms with Gasteiger partial charge in [0.2, 0.25) is 0 Å². The molecular weight excluding hydrogens is 210 g/mol. The van der Waals surface area contributed by atoms with Gasteiger partial charge in [-0.1, -0.05) is 11.2 Å². The van der Waals surface area contributed by atoms with Gasteiger partial charge in [0.1, 0.15) is 11.5 Å². The van der Waals surface area contributed by atoms with E-state index in [1.165, 1.54) is 14.2 Å². The molecule has 0 aromatic heterocycles. The Morgan fingerprint density at radius 3 is 2.38 bits per heavy atom. The highest BCUT2D eigenvalue weighted by Crippen LogP contribution is 2.33. The van der Waals surface area contributed by atoms with E-state index in [1.54, 1.807) is 18.2 Å². The first-order chi connectivity index (χ1) is 7.74. The summed E-state index contributed by atoms with van der Waals surface area (Å²) in [6.07, 6.45) is -0.943. The Hall–Kier alpha value is -1.91. The highest BCUT2D eigenvalue weighted by Gasteiger charge is 2.17. The normalized spacial score (nSPS) is 11.4. The van der Waals surface area contributed by atoms with Gasteiger partial charge in [-0.05, 0) is 17.7 Å². The molecule has 0 spiro atoms. The predicted molar refractivity (Wildman–Crippen MR) is 58.5 cm³/mol. The Morgan fingerprint density at radius 2 is 1.94 bits per heavy atom.